The third-order valence-corrected chi connectivity index (χ3v) is 3.58. The Kier molecular flexibility index (Phi) is 3.52. The number of nitrogen functional groups attached to an aromatic ring is 1. The normalized spacial score (nSPS) is 18.3. The van der Waals surface area contributed by atoms with E-state index in [1.165, 1.54) is 6.20 Å². The number of benzene rings is 1. The molecular formula is C15H17N3O2. The van der Waals surface area contributed by atoms with E-state index in [0.717, 1.165) is 30.2 Å². The largest absolute Gasteiger partial charge is 0.383 e. The van der Waals surface area contributed by atoms with Gasteiger partial charge in [-0.25, -0.2) is 4.98 Å². The topological polar surface area (TPSA) is 77.2 Å². The second-order valence-corrected chi connectivity index (χ2v) is 4.95. The molecule has 1 aliphatic heterocycles. The van der Waals surface area contributed by atoms with Crippen molar-refractivity contribution in [3.63, 3.8) is 0 Å². The van der Waals surface area contributed by atoms with Gasteiger partial charge in [0.15, 0.2) is 0 Å². The third-order valence-electron chi connectivity index (χ3n) is 3.58. The highest BCUT2D eigenvalue weighted by Gasteiger charge is 2.18. The molecule has 3 rings (SSSR count). The number of nitrogens with one attached hydrogen (secondary N) is 1. The van der Waals surface area contributed by atoms with Crippen LogP contribution in [0.5, 0.6) is 0 Å². The molecule has 1 aliphatic rings. The third kappa shape index (κ3) is 2.44. The van der Waals surface area contributed by atoms with Crippen molar-refractivity contribution >= 4 is 22.5 Å². The number of nitrogens with zero attached hydrogens (tertiary/aromatic N) is 1. The Balaban J connectivity index is 1.82. The summed E-state index contributed by atoms with van der Waals surface area (Å²) in [4.78, 5) is 16.4. The van der Waals surface area contributed by atoms with Gasteiger partial charge in [-0.15, -0.1) is 0 Å². The molecule has 0 radical (unpaired) electrons. The first-order valence-electron chi connectivity index (χ1n) is 6.79. The number of rotatable bonds is 3. The van der Waals surface area contributed by atoms with Crippen LogP contribution in [0.15, 0.2) is 30.5 Å². The number of ether oxygens (including phenoxy) is 1. The van der Waals surface area contributed by atoms with Gasteiger partial charge in [0, 0.05) is 24.7 Å². The lowest BCUT2D eigenvalue weighted by molar-refractivity contribution is 0.0859. The van der Waals surface area contributed by atoms with E-state index in [4.69, 9.17) is 10.5 Å². The highest BCUT2D eigenvalue weighted by atomic mass is 16.5. The van der Waals surface area contributed by atoms with Crippen LogP contribution in [-0.2, 0) is 4.74 Å². The van der Waals surface area contributed by atoms with Crippen LogP contribution >= 0.6 is 0 Å². The standard InChI is InChI=1S/C15H17N3O2/c16-14-12-6-2-1-5-11(12)13(9-17-14)15(19)18-8-10-4-3-7-20-10/h1-2,5-6,9-10H,3-4,7-8H2,(H2,16,17)(H,18,19). The lowest BCUT2D eigenvalue weighted by Gasteiger charge is -2.12. The average molecular weight is 271 g/mol. The van der Waals surface area contributed by atoms with Crippen LogP contribution in [-0.4, -0.2) is 30.1 Å². The van der Waals surface area contributed by atoms with Gasteiger partial charge in [0.1, 0.15) is 5.82 Å². The van der Waals surface area contributed by atoms with E-state index < -0.39 is 0 Å². The minimum Gasteiger partial charge on any atom is -0.383 e. The molecule has 1 atom stereocenters. The fourth-order valence-electron chi connectivity index (χ4n) is 2.50. The lowest BCUT2D eigenvalue weighted by Crippen LogP contribution is -2.32. The molecule has 1 amide bonds. The van der Waals surface area contributed by atoms with Crippen molar-refractivity contribution in [1.29, 1.82) is 0 Å². The summed E-state index contributed by atoms with van der Waals surface area (Å²) in [5.74, 6) is 0.306. The van der Waals surface area contributed by atoms with Crippen LogP contribution in [0.25, 0.3) is 10.8 Å². The Hall–Kier alpha value is -2.14. The Labute approximate surface area is 117 Å². The summed E-state index contributed by atoms with van der Waals surface area (Å²) in [6, 6.07) is 7.52. The number of pyridine rings is 1. The fraction of sp³-hybridized carbons (Fsp3) is 0.333. The van der Waals surface area contributed by atoms with Crippen LogP contribution < -0.4 is 11.1 Å². The minimum atomic E-state index is -0.135. The van der Waals surface area contributed by atoms with Gasteiger partial charge >= 0.3 is 0 Å². The molecule has 1 fully saturated rings. The van der Waals surface area contributed by atoms with Gasteiger partial charge in [-0.3, -0.25) is 4.79 Å². The molecule has 1 aromatic heterocycles. The van der Waals surface area contributed by atoms with Gasteiger partial charge in [0.2, 0.25) is 0 Å². The van der Waals surface area contributed by atoms with Crippen molar-refractivity contribution in [2.75, 3.05) is 18.9 Å². The molecule has 2 aromatic rings. The van der Waals surface area contributed by atoms with Crippen LogP contribution in [0, 0.1) is 0 Å². The summed E-state index contributed by atoms with van der Waals surface area (Å²) in [7, 11) is 0. The molecule has 0 spiro atoms. The van der Waals surface area contributed by atoms with E-state index in [-0.39, 0.29) is 12.0 Å². The molecule has 1 unspecified atom stereocenters. The number of carbonyl (C=O) groups is 1. The zero-order valence-corrected chi connectivity index (χ0v) is 11.1. The quantitative estimate of drug-likeness (QED) is 0.891. The van der Waals surface area contributed by atoms with Gasteiger partial charge in [-0.05, 0) is 18.2 Å². The number of anilines is 1. The van der Waals surface area contributed by atoms with E-state index in [2.05, 4.69) is 10.3 Å². The van der Waals surface area contributed by atoms with E-state index in [9.17, 15) is 4.79 Å². The Morgan fingerprint density at radius 2 is 2.20 bits per heavy atom. The van der Waals surface area contributed by atoms with Gasteiger partial charge in [0.25, 0.3) is 5.91 Å². The second kappa shape index (κ2) is 5.46. The number of hydrogen-bond donors (Lipinski definition) is 2. The van der Waals surface area contributed by atoms with Crippen LogP contribution in [0.4, 0.5) is 5.82 Å². The zero-order valence-electron chi connectivity index (χ0n) is 11.1. The smallest absolute Gasteiger partial charge is 0.253 e. The van der Waals surface area contributed by atoms with E-state index in [0.29, 0.717) is 17.9 Å². The highest BCUT2D eigenvalue weighted by molar-refractivity contribution is 6.08. The lowest BCUT2D eigenvalue weighted by atomic mass is 10.1. The average Bonchev–Trinajstić information content (AvgIpc) is 2.99. The van der Waals surface area contributed by atoms with E-state index in [1.54, 1.807) is 0 Å². The first-order chi connectivity index (χ1) is 9.75. The molecule has 3 N–H and O–H groups in total. The first kappa shape index (κ1) is 12.9. The Morgan fingerprint density at radius 1 is 1.40 bits per heavy atom. The molecule has 2 heterocycles. The van der Waals surface area contributed by atoms with Crippen molar-refractivity contribution in [2.45, 2.75) is 18.9 Å². The van der Waals surface area contributed by atoms with Gasteiger partial charge in [-0.2, -0.15) is 0 Å². The maximum absolute atomic E-state index is 12.3. The Bertz CT molecular complexity index is 636. The summed E-state index contributed by atoms with van der Waals surface area (Å²) in [6.07, 6.45) is 3.73. The predicted molar refractivity (Wildman–Crippen MR) is 77.5 cm³/mol. The molecule has 5 heteroatoms. The number of hydrogen-bond acceptors (Lipinski definition) is 4. The molecule has 0 bridgehead atoms. The number of carbonyl (C=O) groups excluding carboxylic acids is 1. The fourth-order valence-corrected chi connectivity index (χ4v) is 2.50. The molecule has 20 heavy (non-hydrogen) atoms. The molecule has 104 valence electrons. The molecule has 5 nitrogen and oxygen atoms in total. The summed E-state index contributed by atoms with van der Waals surface area (Å²) < 4.78 is 5.50. The number of fused-ring (bicyclic) bond motifs is 1. The zero-order chi connectivity index (χ0) is 13.9. The van der Waals surface area contributed by atoms with Gasteiger partial charge < -0.3 is 15.8 Å². The molecular weight excluding hydrogens is 254 g/mol. The van der Waals surface area contributed by atoms with E-state index >= 15 is 0 Å². The molecule has 1 aromatic carbocycles. The maximum Gasteiger partial charge on any atom is 0.253 e. The summed E-state index contributed by atoms with van der Waals surface area (Å²) in [6.45, 7) is 1.32. The van der Waals surface area contributed by atoms with Crippen molar-refractivity contribution in [3.05, 3.63) is 36.0 Å². The summed E-state index contributed by atoms with van der Waals surface area (Å²) in [5.41, 5.74) is 6.38. The van der Waals surface area contributed by atoms with Gasteiger partial charge in [-0.1, -0.05) is 24.3 Å². The molecule has 1 saturated heterocycles. The van der Waals surface area contributed by atoms with Gasteiger partial charge in [0.05, 0.1) is 11.7 Å². The maximum atomic E-state index is 12.3. The SMILES string of the molecule is Nc1ncc(C(=O)NCC2CCCO2)c2ccccc12. The number of amides is 1. The van der Waals surface area contributed by atoms with Crippen molar-refractivity contribution < 1.29 is 9.53 Å². The monoisotopic (exact) mass is 271 g/mol. The van der Waals surface area contributed by atoms with Crippen molar-refractivity contribution in [1.82, 2.24) is 10.3 Å². The number of aromatic nitrogens is 1. The first-order valence-corrected chi connectivity index (χ1v) is 6.79. The second-order valence-electron chi connectivity index (χ2n) is 4.95. The van der Waals surface area contributed by atoms with Crippen molar-refractivity contribution in [2.24, 2.45) is 0 Å². The van der Waals surface area contributed by atoms with Crippen LogP contribution in [0.1, 0.15) is 23.2 Å². The Morgan fingerprint density at radius 3 is 2.95 bits per heavy atom. The summed E-state index contributed by atoms with van der Waals surface area (Å²) >= 11 is 0. The number of nitrogens with two attached hydrogens (primary N) is 1. The highest BCUT2D eigenvalue weighted by Crippen LogP contribution is 2.22. The minimum absolute atomic E-state index is 0.131. The summed E-state index contributed by atoms with van der Waals surface area (Å²) in [5, 5.41) is 4.53. The molecule has 0 aliphatic carbocycles. The van der Waals surface area contributed by atoms with E-state index in [1.807, 2.05) is 24.3 Å². The molecule has 0 saturated carbocycles. The van der Waals surface area contributed by atoms with Crippen LogP contribution in [0.2, 0.25) is 0 Å². The van der Waals surface area contributed by atoms with Crippen LogP contribution in [0.3, 0.4) is 0 Å². The predicted octanol–water partition coefficient (Wildman–Crippen LogP) is 1.73. The van der Waals surface area contributed by atoms with Crippen molar-refractivity contribution in [3.8, 4) is 0 Å².